The Morgan fingerprint density at radius 2 is 1.22 bits per heavy atom. The second-order valence-corrected chi connectivity index (χ2v) is 7.16. The maximum Gasteiger partial charge on any atom is 0.243 e. The number of carbonyl (C=O) groups excluding carboxylic acids is 1. The van der Waals surface area contributed by atoms with Crippen LogP contribution in [0.3, 0.4) is 0 Å². The van der Waals surface area contributed by atoms with Crippen molar-refractivity contribution in [1.29, 1.82) is 0 Å². The van der Waals surface area contributed by atoms with E-state index in [9.17, 15) is 4.79 Å². The summed E-state index contributed by atoms with van der Waals surface area (Å²) in [6, 6.07) is 24.5. The lowest BCUT2D eigenvalue weighted by Crippen LogP contribution is -2.21. The van der Waals surface area contributed by atoms with Crippen molar-refractivity contribution in [3.8, 4) is 17.2 Å². The number of rotatable bonds is 13. The zero-order chi connectivity index (χ0) is 22.4. The summed E-state index contributed by atoms with van der Waals surface area (Å²) in [5.74, 6) is 2.26. The molecule has 0 bridgehead atoms. The molecule has 0 radical (unpaired) electrons. The van der Waals surface area contributed by atoms with E-state index in [0.29, 0.717) is 19.8 Å². The molecule has 0 fully saturated rings. The number of hydrogen-bond donors (Lipinski definition) is 2. The van der Waals surface area contributed by atoms with E-state index in [1.165, 1.54) is 0 Å². The van der Waals surface area contributed by atoms with Crippen LogP contribution in [0.5, 0.6) is 17.2 Å². The summed E-state index contributed by atoms with van der Waals surface area (Å²) in [4.78, 5) is 12.2. The Kier molecular flexibility index (Phi) is 9.27. The van der Waals surface area contributed by atoms with Gasteiger partial charge >= 0.3 is 0 Å². The van der Waals surface area contributed by atoms with Crippen LogP contribution in [0.25, 0.3) is 0 Å². The summed E-state index contributed by atoms with van der Waals surface area (Å²) in [6.45, 7) is 3.92. The number of ether oxygens (including phenoxy) is 3. The molecule has 0 spiro atoms. The molecule has 0 aliphatic heterocycles. The number of anilines is 2. The van der Waals surface area contributed by atoms with E-state index < -0.39 is 0 Å². The van der Waals surface area contributed by atoms with Crippen molar-refractivity contribution in [2.75, 3.05) is 37.0 Å². The largest absolute Gasteiger partial charge is 0.494 e. The fourth-order valence-corrected chi connectivity index (χ4v) is 2.86. The lowest BCUT2D eigenvalue weighted by atomic mass is 10.3. The minimum Gasteiger partial charge on any atom is -0.494 e. The molecule has 0 atom stereocenters. The number of benzene rings is 3. The zero-order valence-electron chi connectivity index (χ0n) is 18.4. The van der Waals surface area contributed by atoms with Crippen molar-refractivity contribution >= 4 is 17.3 Å². The van der Waals surface area contributed by atoms with Crippen LogP contribution in [0.15, 0.2) is 78.9 Å². The van der Waals surface area contributed by atoms with Gasteiger partial charge in [-0.25, -0.2) is 0 Å². The monoisotopic (exact) mass is 434 g/mol. The maximum absolute atomic E-state index is 12.2. The zero-order valence-corrected chi connectivity index (χ0v) is 18.4. The van der Waals surface area contributed by atoms with Gasteiger partial charge in [0.15, 0.2) is 0 Å². The Hall–Kier alpha value is -3.67. The van der Waals surface area contributed by atoms with Crippen molar-refractivity contribution in [3.63, 3.8) is 0 Å². The van der Waals surface area contributed by atoms with Crippen LogP contribution in [0.2, 0.25) is 0 Å². The van der Waals surface area contributed by atoms with Gasteiger partial charge in [0.25, 0.3) is 0 Å². The maximum atomic E-state index is 12.2. The van der Waals surface area contributed by atoms with Gasteiger partial charge in [-0.15, -0.1) is 0 Å². The normalized spacial score (nSPS) is 10.3. The Morgan fingerprint density at radius 1 is 0.688 bits per heavy atom. The highest BCUT2D eigenvalue weighted by molar-refractivity contribution is 5.93. The van der Waals surface area contributed by atoms with E-state index in [4.69, 9.17) is 14.2 Å². The molecule has 0 aliphatic rings. The van der Waals surface area contributed by atoms with Gasteiger partial charge in [-0.2, -0.15) is 0 Å². The molecule has 6 heteroatoms. The molecule has 3 aromatic rings. The molecule has 0 heterocycles. The molecule has 0 saturated carbocycles. The number of nitrogens with one attached hydrogen (secondary N) is 2. The number of amides is 1. The highest BCUT2D eigenvalue weighted by Gasteiger charge is 2.04. The topological polar surface area (TPSA) is 68.8 Å². The van der Waals surface area contributed by atoms with Gasteiger partial charge in [-0.1, -0.05) is 31.5 Å². The second kappa shape index (κ2) is 12.9. The van der Waals surface area contributed by atoms with Gasteiger partial charge in [0.1, 0.15) is 30.5 Å². The van der Waals surface area contributed by atoms with E-state index in [1.54, 1.807) is 0 Å². The third kappa shape index (κ3) is 8.22. The predicted molar refractivity (Wildman–Crippen MR) is 128 cm³/mol. The highest BCUT2D eigenvalue weighted by atomic mass is 16.5. The summed E-state index contributed by atoms with van der Waals surface area (Å²) in [7, 11) is 0. The summed E-state index contributed by atoms with van der Waals surface area (Å²) < 4.78 is 16.9. The van der Waals surface area contributed by atoms with E-state index in [2.05, 4.69) is 17.6 Å². The minimum atomic E-state index is -0.122. The molecular weight excluding hydrogens is 404 g/mol. The molecule has 32 heavy (non-hydrogen) atoms. The van der Waals surface area contributed by atoms with Crippen LogP contribution in [0.1, 0.15) is 19.8 Å². The molecule has 3 aromatic carbocycles. The first-order valence-corrected chi connectivity index (χ1v) is 10.9. The van der Waals surface area contributed by atoms with E-state index in [-0.39, 0.29) is 12.5 Å². The van der Waals surface area contributed by atoms with Gasteiger partial charge in [-0.3, -0.25) is 4.79 Å². The Bertz CT molecular complexity index is 928. The Labute approximate surface area is 189 Å². The second-order valence-electron chi connectivity index (χ2n) is 7.16. The van der Waals surface area contributed by atoms with Crippen LogP contribution in [0, 0.1) is 0 Å². The molecule has 3 rings (SSSR count). The molecule has 0 saturated heterocycles. The van der Waals surface area contributed by atoms with Crippen molar-refractivity contribution in [2.45, 2.75) is 19.8 Å². The summed E-state index contributed by atoms with van der Waals surface area (Å²) in [5.41, 5.74) is 1.58. The SMILES string of the molecule is CCCCOc1ccc(NC(=O)CNc2ccc(OCCOc3ccccc3)cc2)cc1. The van der Waals surface area contributed by atoms with Crippen molar-refractivity contribution < 1.29 is 19.0 Å². The first-order chi connectivity index (χ1) is 15.7. The third-order valence-corrected chi connectivity index (χ3v) is 4.58. The first-order valence-electron chi connectivity index (χ1n) is 10.9. The van der Waals surface area contributed by atoms with Crippen LogP contribution in [-0.4, -0.2) is 32.3 Å². The smallest absolute Gasteiger partial charge is 0.243 e. The van der Waals surface area contributed by atoms with Gasteiger partial charge < -0.3 is 24.8 Å². The van der Waals surface area contributed by atoms with Gasteiger partial charge in [0.2, 0.25) is 5.91 Å². The molecule has 2 N–H and O–H groups in total. The lowest BCUT2D eigenvalue weighted by Gasteiger charge is -2.11. The summed E-state index contributed by atoms with van der Waals surface area (Å²) in [5, 5.41) is 5.98. The lowest BCUT2D eigenvalue weighted by molar-refractivity contribution is -0.114. The van der Waals surface area contributed by atoms with E-state index in [0.717, 1.165) is 41.5 Å². The fraction of sp³-hybridized carbons (Fsp3) is 0.269. The number of hydrogen-bond acceptors (Lipinski definition) is 5. The number of para-hydroxylation sites is 1. The summed E-state index contributed by atoms with van der Waals surface area (Å²) in [6.07, 6.45) is 2.13. The molecule has 0 unspecified atom stereocenters. The van der Waals surface area contributed by atoms with Crippen molar-refractivity contribution in [2.24, 2.45) is 0 Å². The van der Waals surface area contributed by atoms with Crippen molar-refractivity contribution in [3.05, 3.63) is 78.9 Å². The summed E-state index contributed by atoms with van der Waals surface area (Å²) >= 11 is 0. The van der Waals surface area contributed by atoms with E-state index >= 15 is 0 Å². The number of carbonyl (C=O) groups is 1. The molecule has 168 valence electrons. The minimum absolute atomic E-state index is 0.122. The first kappa shape index (κ1) is 23.0. The third-order valence-electron chi connectivity index (χ3n) is 4.58. The molecule has 1 amide bonds. The molecule has 0 aliphatic carbocycles. The van der Waals surface area contributed by atoms with Crippen molar-refractivity contribution in [1.82, 2.24) is 0 Å². The average molecular weight is 435 g/mol. The Balaban J connectivity index is 1.34. The van der Waals surface area contributed by atoms with Gasteiger partial charge in [-0.05, 0) is 67.1 Å². The average Bonchev–Trinajstić information content (AvgIpc) is 2.83. The highest BCUT2D eigenvalue weighted by Crippen LogP contribution is 2.17. The van der Waals surface area contributed by atoms with Crippen LogP contribution in [-0.2, 0) is 4.79 Å². The molecule has 0 aromatic heterocycles. The quantitative estimate of drug-likeness (QED) is 0.354. The van der Waals surface area contributed by atoms with Gasteiger partial charge in [0.05, 0.1) is 13.2 Å². The van der Waals surface area contributed by atoms with E-state index in [1.807, 2.05) is 78.9 Å². The van der Waals surface area contributed by atoms with Gasteiger partial charge in [0, 0.05) is 11.4 Å². The standard InChI is InChI=1S/C26H30N2O4/c1-2-3-17-30-24-15-11-22(12-16-24)28-26(29)20-27-21-9-13-25(14-10-21)32-19-18-31-23-7-5-4-6-8-23/h4-16,27H,2-3,17-20H2,1H3,(H,28,29). The molecular formula is C26H30N2O4. The number of unbranched alkanes of at least 4 members (excludes halogenated alkanes) is 1. The predicted octanol–water partition coefficient (Wildman–Crippen LogP) is 5.37. The van der Waals surface area contributed by atoms with Crippen LogP contribution in [0.4, 0.5) is 11.4 Å². The molecule has 6 nitrogen and oxygen atoms in total. The fourth-order valence-electron chi connectivity index (χ4n) is 2.86. The van der Waals surface area contributed by atoms with Crippen LogP contribution < -0.4 is 24.8 Å². The Morgan fingerprint density at radius 3 is 1.81 bits per heavy atom. The van der Waals surface area contributed by atoms with Crippen LogP contribution >= 0.6 is 0 Å².